The smallest absolute Gasteiger partial charge is 0.224 e. The monoisotopic (exact) mass is 473 g/mol. The zero-order valence-corrected chi connectivity index (χ0v) is 18.4. The second kappa shape index (κ2) is 10.7. The van der Waals surface area contributed by atoms with Gasteiger partial charge in [0.25, 0.3) is 0 Å². The highest BCUT2D eigenvalue weighted by Gasteiger charge is 2.26. The molecule has 1 saturated heterocycles. The summed E-state index contributed by atoms with van der Waals surface area (Å²) in [7, 11) is 0. The fraction of sp³-hybridized carbons (Fsp3) is 0.579. The van der Waals surface area contributed by atoms with Crippen LogP contribution in [0.2, 0.25) is 0 Å². The molecule has 2 rings (SSSR count). The molecule has 1 aromatic rings. The van der Waals surface area contributed by atoms with Gasteiger partial charge in [0.15, 0.2) is 5.96 Å². The van der Waals surface area contributed by atoms with Gasteiger partial charge in [0.1, 0.15) is 0 Å². The van der Waals surface area contributed by atoms with Crippen molar-refractivity contribution in [3.8, 4) is 0 Å². The van der Waals surface area contributed by atoms with Crippen LogP contribution in [-0.4, -0.2) is 60.9 Å². The topological polar surface area (TPSA) is 74.0 Å². The summed E-state index contributed by atoms with van der Waals surface area (Å²) in [5, 5.41) is 3.33. The molecule has 1 aliphatic rings. The summed E-state index contributed by atoms with van der Waals surface area (Å²) in [6.45, 7) is 11.8. The standard InChI is InChI=1S/C19H31N5O.HI/c1-4-21-18(22-15-19(2,3)17(20)25)24-12-10-23(11-13-24)14-16-8-6-5-7-9-16;/h5-9H,4,10-15H2,1-3H3,(H2,20,25)(H,21,22);1H. The van der Waals surface area contributed by atoms with Crippen LogP contribution in [0.4, 0.5) is 0 Å². The van der Waals surface area contributed by atoms with Gasteiger partial charge >= 0.3 is 0 Å². The third-order valence-corrected chi connectivity index (χ3v) is 4.55. The van der Waals surface area contributed by atoms with Gasteiger partial charge in [-0.1, -0.05) is 30.3 Å². The molecular formula is C19H32IN5O. The maximum atomic E-state index is 11.5. The Hall–Kier alpha value is -1.35. The molecule has 1 aromatic carbocycles. The number of guanidine groups is 1. The molecule has 0 spiro atoms. The van der Waals surface area contributed by atoms with Gasteiger partial charge in [0.2, 0.25) is 5.91 Å². The first-order valence-electron chi connectivity index (χ1n) is 9.02. The molecule has 146 valence electrons. The van der Waals surface area contributed by atoms with Crippen molar-refractivity contribution in [2.75, 3.05) is 39.3 Å². The van der Waals surface area contributed by atoms with E-state index >= 15 is 0 Å². The van der Waals surface area contributed by atoms with Gasteiger partial charge < -0.3 is 16.0 Å². The molecule has 7 heteroatoms. The number of nitrogens with zero attached hydrogens (tertiary/aromatic N) is 3. The Morgan fingerprint density at radius 2 is 1.81 bits per heavy atom. The lowest BCUT2D eigenvalue weighted by molar-refractivity contribution is -0.125. The van der Waals surface area contributed by atoms with Crippen LogP contribution in [0, 0.1) is 5.41 Å². The number of nitrogens with one attached hydrogen (secondary N) is 1. The van der Waals surface area contributed by atoms with E-state index in [1.807, 2.05) is 19.9 Å². The first-order valence-corrected chi connectivity index (χ1v) is 9.02. The Balaban J connectivity index is 0.00000338. The van der Waals surface area contributed by atoms with E-state index in [1.54, 1.807) is 0 Å². The second-order valence-electron chi connectivity index (χ2n) is 7.17. The van der Waals surface area contributed by atoms with E-state index in [0.717, 1.165) is 45.2 Å². The third-order valence-electron chi connectivity index (χ3n) is 4.55. The Labute approximate surface area is 174 Å². The number of carbonyl (C=O) groups excluding carboxylic acids is 1. The zero-order chi connectivity index (χ0) is 18.3. The molecule has 0 bridgehead atoms. The molecule has 1 amide bonds. The van der Waals surface area contributed by atoms with Crippen LogP contribution in [0.3, 0.4) is 0 Å². The molecular weight excluding hydrogens is 441 g/mol. The van der Waals surface area contributed by atoms with E-state index in [2.05, 4.69) is 51.3 Å². The minimum atomic E-state index is -0.629. The van der Waals surface area contributed by atoms with E-state index in [0.29, 0.717) is 6.54 Å². The molecule has 0 aliphatic carbocycles. The summed E-state index contributed by atoms with van der Waals surface area (Å²) in [5.41, 5.74) is 6.17. The number of nitrogens with two attached hydrogens (primary N) is 1. The molecule has 1 aliphatic heterocycles. The zero-order valence-electron chi connectivity index (χ0n) is 16.1. The van der Waals surface area contributed by atoms with Crippen molar-refractivity contribution in [3.05, 3.63) is 35.9 Å². The number of hydrogen-bond donors (Lipinski definition) is 2. The molecule has 3 N–H and O–H groups in total. The second-order valence-corrected chi connectivity index (χ2v) is 7.17. The Morgan fingerprint density at radius 3 is 2.35 bits per heavy atom. The average Bonchev–Trinajstić information content (AvgIpc) is 2.60. The van der Waals surface area contributed by atoms with Gasteiger partial charge in [-0.05, 0) is 26.3 Å². The summed E-state index contributed by atoms with van der Waals surface area (Å²) in [6, 6.07) is 10.6. The van der Waals surface area contributed by atoms with Crippen LogP contribution in [0.5, 0.6) is 0 Å². The number of halogens is 1. The van der Waals surface area contributed by atoms with Crippen LogP contribution in [0.1, 0.15) is 26.3 Å². The fourth-order valence-electron chi connectivity index (χ4n) is 2.74. The molecule has 0 radical (unpaired) electrons. The fourth-order valence-corrected chi connectivity index (χ4v) is 2.74. The average molecular weight is 473 g/mol. The van der Waals surface area contributed by atoms with Crippen LogP contribution < -0.4 is 11.1 Å². The SMILES string of the molecule is CCNC(=NCC(C)(C)C(N)=O)N1CCN(Cc2ccccc2)CC1.I. The molecule has 0 unspecified atom stereocenters. The number of aliphatic imine (C=N–C) groups is 1. The van der Waals surface area contributed by atoms with E-state index < -0.39 is 5.41 Å². The summed E-state index contributed by atoms with van der Waals surface area (Å²) < 4.78 is 0. The summed E-state index contributed by atoms with van der Waals surface area (Å²) in [4.78, 5) is 20.9. The maximum Gasteiger partial charge on any atom is 0.224 e. The van der Waals surface area contributed by atoms with Gasteiger partial charge in [-0.15, -0.1) is 24.0 Å². The van der Waals surface area contributed by atoms with Crippen LogP contribution >= 0.6 is 24.0 Å². The van der Waals surface area contributed by atoms with Crippen molar-refractivity contribution in [3.63, 3.8) is 0 Å². The number of benzene rings is 1. The largest absolute Gasteiger partial charge is 0.369 e. The van der Waals surface area contributed by atoms with Crippen molar-refractivity contribution in [2.24, 2.45) is 16.1 Å². The highest BCUT2D eigenvalue weighted by Crippen LogP contribution is 2.15. The Kier molecular flexibility index (Phi) is 9.35. The highest BCUT2D eigenvalue weighted by atomic mass is 127. The molecule has 0 saturated carbocycles. The van der Waals surface area contributed by atoms with Crippen molar-refractivity contribution in [2.45, 2.75) is 27.3 Å². The lowest BCUT2D eigenvalue weighted by Gasteiger charge is -2.36. The Bertz CT molecular complexity index is 583. The number of carbonyl (C=O) groups is 1. The van der Waals surface area contributed by atoms with Gasteiger partial charge in [-0.3, -0.25) is 14.7 Å². The molecule has 1 heterocycles. The van der Waals surface area contributed by atoms with Gasteiger partial charge in [-0.2, -0.15) is 0 Å². The number of rotatable bonds is 6. The number of piperazine rings is 1. The van der Waals surface area contributed by atoms with Crippen molar-refractivity contribution >= 4 is 35.8 Å². The summed E-state index contributed by atoms with van der Waals surface area (Å²) in [5.74, 6) is 0.552. The normalized spacial score (nSPS) is 16.1. The molecule has 26 heavy (non-hydrogen) atoms. The van der Waals surface area contributed by atoms with E-state index in [9.17, 15) is 4.79 Å². The predicted octanol–water partition coefficient (Wildman–Crippen LogP) is 1.90. The van der Waals surface area contributed by atoms with Gasteiger partial charge in [0.05, 0.1) is 12.0 Å². The van der Waals surface area contributed by atoms with Crippen molar-refractivity contribution in [1.82, 2.24) is 15.1 Å². The van der Waals surface area contributed by atoms with E-state index in [4.69, 9.17) is 5.73 Å². The predicted molar refractivity (Wildman–Crippen MR) is 118 cm³/mol. The highest BCUT2D eigenvalue weighted by molar-refractivity contribution is 14.0. The molecule has 6 nitrogen and oxygen atoms in total. The van der Waals surface area contributed by atoms with E-state index in [1.165, 1.54) is 5.56 Å². The van der Waals surface area contributed by atoms with Gasteiger partial charge in [0, 0.05) is 39.3 Å². The van der Waals surface area contributed by atoms with Gasteiger partial charge in [-0.25, -0.2) is 0 Å². The lowest BCUT2D eigenvalue weighted by atomic mass is 9.93. The lowest BCUT2D eigenvalue weighted by Crippen LogP contribution is -2.52. The molecule has 1 fully saturated rings. The minimum Gasteiger partial charge on any atom is -0.369 e. The van der Waals surface area contributed by atoms with Crippen molar-refractivity contribution in [1.29, 1.82) is 0 Å². The van der Waals surface area contributed by atoms with Crippen molar-refractivity contribution < 1.29 is 4.79 Å². The molecule has 0 atom stereocenters. The number of hydrogen-bond acceptors (Lipinski definition) is 3. The minimum absolute atomic E-state index is 0. The van der Waals surface area contributed by atoms with Crippen LogP contribution in [0.25, 0.3) is 0 Å². The first-order chi connectivity index (χ1) is 11.9. The third kappa shape index (κ3) is 6.75. The quantitative estimate of drug-likeness (QED) is 0.376. The summed E-state index contributed by atoms with van der Waals surface area (Å²) in [6.07, 6.45) is 0. The molecule has 0 aromatic heterocycles. The maximum absolute atomic E-state index is 11.5. The number of primary amides is 1. The van der Waals surface area contributed by atoms with Crippen LogP contribution in [0.15, 0.2) is 35.3 Å². The Morgan fingerprint density at radius 1 is 1.19 bits per heavy atom. The van der Waals surface area contributed by atoms with E-state index in [-0.39, 0.29) is 29.9 Å². The first kappa shape index (κ1) is 22.7. The summed E-state index contributed by atoms with van der Waals surface area (Å²) >= 11 is 0. The number of amides is 1. The van der Waals surface area contributed by atoms with Crippen LogP contribution in [-0.2, 0) is 11.3 Å².